The van der Waals surface area contributed by atoms with Gasteiger partial charge in [-0.15, -0.1) is 0 Å². The van der Waals surface area contributed by atoms with Crippen LogP contribution in [0.2, 0.25) is 0 Å². The predicted octanol–water partition coefficient (Wildman–Crippen LogP) is 13.1. The molecule has 1 spiro atoms. The largest absolute Gasteiger partial charge is 0.457 e. The lowest BCUT2D eigenvalue weighted by Gasteiger charge is -2.39. The van der Waals surface area contributed by atoms with Crippen molar-refractivity contribution in [3.8, 4) is 56.0 Å². The summed E-state index contributed by atoms with van der Waals surface area (Å²) in [7, 11) is 0. The summed E-state index contributed by atoms with van der Waals surface area (Å²) in [6.45, 7) is 0. The molecule has 2 nitrogen and oxygen atoms in total. The van der Waals surface area contributed by atoms with Crippen molar-refractivity contribution in [1.82, 2.24) is 0 Å². The molecule has 0 unspecified atom stereocenters. The van der Waals surface area contributed by atoms with E-state index in [0.717, 1.165) is 66.8 Å². The molecule has 8 aromatic carbocycles. The fourth-order valence-electron chi connectivity index (χ4n) is 8.70. The van der Waals surface area contributed by atoms with Gasteiger partial charge >= 0.3 is 0 Å². The van der Waals surface area contributed by atoms with Crippen molar-refractivity contribution in [2.45, 2.75) is 5.41 Å². The summed E-state index contributed by atoms with van der Waals surface area (Å²) >= 11 is 0. The number of fused-ring (bicyclic) bond motifs is 12. The van der Waals surface area contributed by atoms with Gasteiger partial charge in [-0.1, -0.05) is 133 Å². The van der Waals surface area contributed by atoms with Crippen molar-refractivity contribution in [2.75, 3.05) is 0 Å². The highest BCUT2D eigenvalue weighted by molar-refractivity contribution is 6.06. The van der Waals surface area contributed by atoms with E-state index in [1.165, 1.54) is 33.4 Å². The van der Waals surface area contributed by atoms with Crippen LogP contribution in [-0.4, -0.2) is 0 Å². The average molecular weight is 651 g/mol. The minimum absolute atomic E-state index is 0.477. The van der Waals surface area contributed by atoms with Gasteiger partial charge in [0.2, 0.25) is 0 Å². The van der Waals surface area contributed by atoms with Gasteiger partial charge in [0, 0.05) is 21.9 Å². The highest BCUT2D eigenvalue weighted by atomic mass is 16.5. The maximum Gasteiger partial charge on any atom is 0.136 e. The van der Waals surface area contributed by atoms with Crippen LogP contribution in [0, 0.1) is 0 Å². The first kappa shape index (κ1) is 28.2. The number of para-hydroxylation sites is 2. The Morgan fingerprint density at radius 3 is 1.63 bits per heavy atom. The molecule has 0 amide bonds. The molecule has 11 rings (SSSR count). The Morgan fingerprint density at radius 2 is 0.863 bits per heavy atom. The predicted molar refractivity (Wildman–Crippen MR) is 207 cm³/mol. The second-order valence-corrected chi connectivity index (χ2v) is 13.6. The third kappa shape index (κ3) is 4.05. The summed E-state index contributed by atoms with van der Waals surface area (Å²) in [5.41, 5.74) is 15.6. The molecule has 1 aromatic heterocycles. The number of hydrogen-bond donors (Lipinski definition) is 0. The highest BCUT2D eigenvalue weighted by Gasteiger charge is 2.50. The van der Waals surface area contributed by atoms with Gasteiger partial charge in [-0.25, -0.2) is 0 Å². The van der Waals surface area contributed by atoms with Gasteiger partial charge in [0.15, 0.2) is 0 Å². The Bertz CT molecular complexity index is 2790. The van der Waals surface area contributed by atoms with E-state index in [-0.39, 0.29) is 0 Å². The summed E-state index contributed by atoms with van der Waals surface area (Å²) in [6, 6.07) is 65.4. The van der Waals surface area contributed by atoms with E-state index in [1.807, 2.05) is 12.1 Å². The molecule has 1 aliphatic carbocycles. The Hall–Kier alpha value is -6.64. The minimum atomic E-state index is -0.477. The van der Waals surface area contributed by atoms with Gasteiger partial charge in [0.25, 0.3) is 0 Å². The quantitative estimate of drug-likeness (QED) is 0.190. The summed E-state index contributed by atoms with van der Waals surface area (Å²) in [5.74, 6) is 1.78. The zero-order valence-corrected chi connectivity index (χ0v) is 27.6. The Morgan fingerprint density at radius 1 is 0.314 bits per heavy atom. The normalized spacial score (nSPS) is 13.4. The third-order valence-electron chi connectivity index (χ3n) is 10.9. The lowest BCUT2D eigenvalue weighted by molar-refractivity contribution is 0.436. The van der Waals surface area contributed by atoms with Gasteiger partial charge in [-0.3, -0.25) is 0 Å². The van der Waals surface area contributed by atoms with Crippen LogP contribution >= 0.6 is 0 Å². The highest BCUT2D eigenvalue weighted by Crippen LogP contribution is 2.62. The van der Waals surface area contributed by atoms with E-state index in [1.54, 1.807) is 0 Å². The van der Waals surface area contributed by atoms with Gasteiger partial charge in [0.05, 0.1) is 5.41 Å². The van der Waals surface area contributed by atoms with Crippen LogP contribution in [0.5, 0.6) is 11.5 Å². The van der Waals surface area contributed by atoms with Crippen LogP contribution in [-0.2, 0) is 5.41 Å². The molecule has 0 N–H and O–H groups in total. The Balaban J connectivity index is 1.12. The monoisotopic (exact) mass is 650 g/mol. The number of hydrogen-bond acceptors (Lipinski definition) is 2. The molecule has 2 heterocycles. The standard InChI is InChI=1S/C49H30O2/c1-2-12-31(13-3-1)34-26-35(32-22-24-40-39-16-6-10-20-45(39)50-47(40)29-32)28-36(27-34)33-23-25-44-48(30-33)51-46-21-11-9-19-43(46)49(44)41-17-7-4-14-37(41)38-15-5-8-18-42(38)49/h1-30H. The molecule has 2 aliphatic rings. The SMILES string of the molecule is c1ccc(-c2cc(-c3ccc4c(c3)Oc3ccccc3C43c4ccccc4-c4ccccc43)cc(-c3ccc4c(c3)oc3ccccc34)c2)cc1. The molecule has 0 bridgehead atoms. The number of furan rings is 1. The van der Waals surface area contributed by atoms with Crippen molar-refractivity contribution in [3.63, 3.8) is 0 Å². The van der Waals surface area contributed by atoms with Crippen LogP contribution in [0.4, 0.5) is 0 Å². The van der Waals surface area contributed by atoms with Crippen LogP contribution in [0.3, 0.4) is 0 Å². The van der Waals surface area contributed by atoms with Gasteiger partial charge in [-0.2, -0.15) is 0 Å². The van der Waals surface area contributed by atoms with Crippen LogP contribution in [0.1, 0.15) is 22.3 Å². The van der Waals surface area contributed by atoms with Crippen molar-refractivity contribution < 1.29 is 9.15 Å². The van der Waals surface area contributed by atoms with Crippen molar-refractivity contribution in [3.05, 3.63) is 204 Å². The zero-order valence-electron chi connectivity index (χ0n) is 27.6. The second kappa shape index (κ2) is 10.7. The molecule has 1 aliphatic heterocycles. The third-order valence-corrected chi connectivity index (χ3v) is 10.9. The number of benzene rings is 8. The van der Waals surface area contributed by atoms with Crippen LogP contribution < -0.4 is 4.74 Å². The average Bonchev–Trinajstić information content (AvgIpc) is 3.72. The molecule has 0 saturated heterocycles. The summed E-state index contributed by atoms with van der Waals surface area (Å²) in [5, 5.41) is 2.27. The first-order valence-corrected chi connectivity index (χ1v) is 17.5. The molecule has 0 fully saturated rings. The van der Waals surface area contributed by atoms with Gasteiger partial charge in [-0.05, 0) is 104 Å². The van der Waals surface area contributed by atoms with E-state index < -0.39 is 5.41 Å². The molecular weight excluding hydrogens is 621 g/mol. The first-order valence-electron chi connectivity index (χ1n) is 17.5. The molecule has 238 valence electrons. The Kier molecular flexibility index (Phi) is 5.91. The van der Waals surface area contributed by atoms with Crippen LogP contribution in [0.15, 0.2) is 186 Å². The summed E-state index contributed by atoms with van der Waals surface area (Å²) < 4.78 is 13.2. The fourth-order valence-corrected chi connectivity index (χ4v) is 8.70. The molecule has 0 atom stereocenters. The smallest absolute Gasteiger partial charge is 0.136 e. The molecule has 0 saturated carbocycles. The van der Waals surface area contributed by atoms with Gasteiger partial charge < -0.3 is 9.15 Å². The van der Waals surface area contributed by atoms with Crippen LogP contribution in [0.25, 0.3) is 66.4 Å². The molecule has 2 heteroatoms. The van der Waals surface area contributed by atoms with E-state index in [0.29, 0.717) is 0 Å². The fraction of sp³-hybridized carbons (Fsp3) is 0.0204. The zero-order chi connectivity index (χ0) is 33.5. The van der Waals surface area contributed by atoms with Crippen molar-refractivity contribution in [2.24, 2.45) is 0 Å². The minimum Gasteiger partial charge on any atom is -0.457 e. The van der Waals surface area contributed by atoms with Crippen molar-refractivity contribution in [1.29, 1.82) is 0 Å². The lowest BCUT2D eigenvalue weighted by atomic mass is 9.66. The Labute approximate surface area is 295 Å². The first-order chi connectivity index (χ1) is 25.3. The van der Waals surface area contributed by atoms with Crippen molar-refractivity contribution >= 4 is 21.9 Å². The van der Waals surface area contributed by atoms with E-state index in [4.69, 9.17) is 9.15 Å². The van der Waals surface area contributed by atoms with E-state index in [2.05, 4.69) is 170 Å². The molecule has 51 heavy (non-hydrogen) atoms. The maximum atomic E-state index is 6.85. The van der Waals surface area contributed by atoms with Gasteiger partial charge in [0.1, 0.15) is 22.7 Å². The molecular formula is C49H30O2. The van der Waals surface area contributed by atoms with E-state index in [9.17, 15) is 0 Å². The maximum absolute atomic E-state index is 6.85. The topological polar surface area (TPSA) is 22.4 Å². The summed E-state index contributed by atoms with van der Waals surface area (Å²) in [4.78, 5) is 0. The number of ether oxygens (including phenoxy) is 1. The lowest BCUT2D eigenvalue weighted by Crippen LogP contribution is -2.32. The molecule has 9 aromatic rings. The second-order valence-electron chi connectivity index (χ2n) is 13.6. The van der Waals surface area contributed by atoms with E-state index >= 15 is 0 Å². The summed E-state index contributed by atoms with van der Waals surface area (Å²) in [6.07, 6.45) is 0. The molecule has 0 radical (unpaired) electrons. The number of rotatable bonds is 3.